The summed E-state index contributed by atoms with van der Waals surface area (Å²) in [5.74, 6) is -14.5. The molecule has 0 unspecified atom stereocenters. The minimum Gasteiger partial charge on any atom is -0.504 e. The number of carbonyl (C=O) groups excluding carboxylic acids is 3. The highest BCUT2D eigenvalue weighted by Gasteiger charge is 2.50. The van der Waals surface area contributed by atoms with Crippen molar-refractivity contribution < 1.29 is 89.5 Å². The second kappa shape index (κ2) is 11.0. The smallest absolute Gasteiger partial charge is 0.340 e. The molecule has 45 heavy (non-hydrogen) atoms. The fraction of sp³-hybridized carbons (Fsp3) is 0.222. The Hall–Kier alpha value is -5.85. The first-order chi connectivity index (χ1) is 21.1. The van der Waals surface area contributed by atoms with Crippen molar-refractivity contribution in [3.05, 3.63) is 41.0 Å². The normalized spacial score (nSPS) is 22.9. The van der Waals surface area contributed by atoms with E-state index in [1.807, 2.05) is 0 Å². The van der Waals surface area contributed by atoms with E-state index in [1.54, 1.807) is 0 Å². The summed E-state index contributed by atoms with van der Waals surface area (Å²) in [5, 5.41) is 113. The van der Waals surface area contributed by atoms with Crippen LogP contribution >= 0.6 is 0 Å². The van der Waals surface area contributed by atoms with Crippen molar-refractivity contribution in [1.29, 1.82) is 0 Å². The number of esters is 3. The summed E-state index contributed by atoms with van der Waals surface area (Å²) in [6.45, 7) is -0.947. The maximum Gasteiger partial charge on any atom is 0.340 e. The maximum atomic E-state index is 13.5. The molecule has 5 rings (SSSR count). The number of phenolic OH excluding ortho intramolecular Hbond substituents is 9. The van der Waals surface area contributed by atoms with Gasteiger partial charge in [0.1, 0.15) is 18.8 Å². The monoisotopic (exact) mass is 634 g/mol. The number of cyclic esters (lactones) is 1. The van der Waals surface area contributed by atoms with Gasteiger partial charge < -0.3 is 75.1 Å². The number of hydrogen-bond acceptors (Lipinski definition) is 18. The largest absolute Gasteiger partial charge is 0.504 e. The van der Waals surface area contributed by atoms with Gasteiger partial charge in [0.2, 0.25) is 17.8 Å². The molecule has 3 aromatic carbocycles. The lowest BCUT2D eigenvalue weighted by atomic mass is 9.91. The van der Waals surface area contributed by atoms with Crippen molar-refractivity contribution in [3.63, 3.8) is 0 Å². The third-order valence-corrected chi connectivity index (χ3v) is 6.99. The van der Waals surface area contributed by atoms with E-state index >= 15 is 0 Å². The van der Waals surface area contributed by atoms with Gasteiger partial charge in [0.25, 0.3) is 0 Å². The van der Waals surface area contributed by atoms with Crippen LogP contribution < -0.4 is 0 Å². The molecule has 1 saturated heterocycles. The number of fused-ring (bicyclic) bond motifs is 5. The zero-order valence-corrected chi connectivity index (χ0v) is 22.2. The summed E-state index contributed by atoms with van der Waals surface area (Å²) < 4.78 is 20.8. The number of rotatable bonds is 2. The number of ether oxygens (including phenoxy) is 4. The standard InChI is InChI=1S/C27H22O18/c28-9-1-6(2-10(29)16(9)32)24(39)45-27-22(38)23-19(35)13(43-27)5-42-25(40)7-3-11(30)17(33)20(36)14(7)15-8(26(41)44-23)4-12(31)18(34)21(15)37/h1-4,13,19,22-23,27-38H,5H2/t13-,19+,22+,23-,27+/m1/s1. The predicted octanol–water partition coefficient (Wildman–Crippen LogP) is -0.297. The third-order valence-electron chi connectivity index (χ3n) is 6.99. The second-order valence-corrected chi connectivity index (χ2v) is 9.79. The molecule has 0 saturated carbocycles. The van der Waals surface area contributed by atoms with Gasteiger partial charge in [0.05, 0.1) is 16.7 Å². The van der Waals surface area contributed by atoms with Crippen molar-refractivity contribution in [2.75, 3.05) is 6.61 Å². The lowest BCUT2D eigenvalue weighted by Crippen LogP contribution is -2.61. The number of aliphatic hydroxyl groups is 2. The van der Waals surface area contributed by atoms with Crippen LogP contribution in [0.15, 0.2) is 24.3 Å². The van der Waals surface area contributed by atoms with Crippen LogP contribution in [0.4, 0.5) is 0 Å². The molecule has 0 aliphatic carbocycles. The molecule has 0 spiro atoms. The minimum absolute atomic E-state index is 0.508. The van der Waals surface area contributed by atoms with E-state index in [-0.39, 0.29) is 0 Å². The SMILES string of the molecule is O=C(O[C@@H]1O[C@@H]2COC(=O)c3cc(O)c(O)c(O)c3-c3c(cc(O)c(O)c3O)C(=O)O[C@@H]([C@@H]1O)[C@H]2O)c1cc(O)c(O)c(O)c1. The molecule has 0 amide bonds. The first kappa shape index (κ1) is 30.6. The van der Waals surface area contributed by atoms with Gasteiger partial charge in [-0.1, -0.05) is 0 Å². The molecular weight excluding hydrogens is 612 g/mol. The van der Waals surface area contributed by atoms with Gasteiger partial charge in [-0.25, -0.2) is 14.4 Å². The summed E-state index contributed by atoms with van der Waals surface area (Å²) in [5.41, 5.74) is -4.12. The van der Waals surface area contributed by atoms with Gasteiger partial charge in [-0.15, -0.1) is 0 Å². The number of aromatic hydroxyl groups is 9. The molecule has 5 atom stereocenters. The molecule has 238 valence electrons. The van der Waals surface area contributed by atoms with Crippen LogP contribution in [0.2, 0.25) is 0 Å². The van der Waals surface area contributed by atoms with Gasteiger partial charge in [0.15, 0.2) is 52.5 Å². The average molecular weight is 634 g/mol. The number of carbonyl (C=O) groups is 3. The number of phenols is 9. The highest BCUT2D eigenvalue weighted by molar-refractivity contribution is 6.08. The van der Waals surface area contributed by atoms with Crippen LogP contribution in [0, 0.1) is 0 Å². The molecule has 0 aromatic heterocycles. The molecule has 18 heteroatoms. The summed E-state index contributed by atoms with van der Waals surface area (Å²) in [4.78, 5) is 39.4. The average Bonchev–Trinajstić information content (AvgIpc) is 2.99. The molecule has 11 N–H and O–H groups in total. The van der Waals surface area contributed by atoms with Crippen LogP contribution in [0.3, 0.4) is 0 Å². The highest BCUT2D eigenvalue weighted by atomic mass is 16.7. The lowest BCUT2D eigenvalue weighted by molar-refractivity contribution is -0.284. The first-order valence-electron chi connectivity index (χ1n) is 12.5. The van der Waals surface area contributed by atoms with Crippen LogP contribution in [0.25, 0.3) is 11.1 Å². The molecule has 1 fully saturated rings. The lowest BCUT2D eigenvalue weighted by Gasteiger charge is -2.41. The van der Waals surface area contributed by atoms with Gasteiger partial charge in [-0.2, -0.15) is 0 Å². The number of benzene rings is 3. The zero-order valence-electron chi connectivity index (χ0n) is 22.2. The van der Waals surface area contributed by atoms with Crippen molar-refractivity contribution in [1.82, 2.24) is 0 Å². The van der Waals surface area contributed by atoms with Crippen LogP contribution in [-0.2, 0) is 18.9 Å². The van der Waals surface area contributed by atoms with E-state index in [4.69, 9.17) is 18.9 Å². The Kier molecular flexibility index (Phi) is 7.49. The topological polar surface area (TPSA) is 311 Å². The Morgan fingerprint density at radius 1 is 0.667 bits per heavy atom. The van der Waals surface area contributed by atoms with Crippen LogP contribution in [-0.4, -0.2) is 111 Å². The zero-order chi connectivity index (χ0) is 33.1. The number of aliphatic hydroxyl groups excluding tert-OH is 2. The fourth-order valence-electron chi connectivity index (χ4n) is 4.71. The summed E-state index contributed by atoms with van der Waals surface area (Å²) in [6, 6.07) is 2.45. The minimum atomic E-state index is -2.22. The van der Waals surface area contributed by atoms with Gasteiger partial charge in [0, 0.05) is 11.1 Å². The molecular formula is C27H22O18. The summed E-state index contributed by atoms with van der Waals surface area (Å²) in [6.07, 6.45) is -10.2. The third kappa shape index (κ3) is 5.07. The van der Waals surface area contributed by atoms with E-state index in [9.17, 15) is 70.6 Å². The maximum absolute atomic E-state index is 13.5. The summed E-state index contributed by atoms with van der Waals surface area (Å²) in [7, 11) is 0. The van der Waals surface area contributed by atoms with E-state index in [2.05, 4.69) is 0 Å². The molecule has 2 aliphatic heterocycles. The van der Waals surface area contributed by atoms with Gasteiger partial charge >= 0.3 is 17.9 Å². The second-order valence-electron chi connectivity index (χ2n) is 9.79. The predicted molar refractivity (Wildman–Crippen MR) is 139 cm³/mol. The Labute approximate surface area is 248 Å². The van der Waals surface area contributed by atoms with Crippen molar-refractivity contribution in [3.8, 4) is 62.9 Å². The molecule has 0 radical (unpaired) electrons. The van der Waals surface area contributed by atoms with Crippen molar-refractivity contribution >= 4 is 17.9 Å². The Morgan fingerprint density at radius 3 is 1.69 bits per heavy atom. The molecule has 18 nitrogen and oxygen atoms in total. The molecule has 2 heterocycles. The highest BCUT2D eigenvalue weighted by Crippen LogP contribution is 2.53. The van der Waals surface area contributed by atoms with Gasteiger partial charge in [-0.05, 0) is 24.3 Å². The van der Waals surface area contributed by atoms with Crippen molar-refractivity contribution in [2.24, 2.45) is 0 Å². The number of hydrogen-bond donors (Lipinski definition) is 11. The van der Waals surface area contributed by atoms with Crippen LogP contribution in [0.1, 0.15) is 31.1 Å². The first-order valence-corrected chi connectivity index (χ1v) is 12.5. The fourth-order valence-corrected chi connectivity index (χ4v) is 4.71. The van der Waals surface area contributed by atoms with E-state index < -0.39 is 135 Å². The molecule has 2 aliphatic rings. The van der Waals surface area contributed by atoms with E-state index in [0.29, 0.717) is 24.3 Å². The van der Waals surface area contributed by atoms with Crippen LogP contribution in [0.5, 0.6) is 51.7 Å². The Balaban J connectivity index is 1.61. The Bertz CT molecular complexity index is 1730. The Morgan fingerprint density at radius 2 is 1.16 bits per heavy atom. The van der Waals surface area contributed by atoms with Crippen molar-refractivity contribution in [2.45, 2.75) is 30.7 Å². The van der Waals surface area contributed by atoms with Gasteiger partial charge in [-0.3, -0.25) is 0 Å². The molecule has 2 bridgehead atoms. The molecule has 3 aromatic rings. The summed E-state index contributed by atoms with van der Waals surface area (Å²) >= 11 is 0. The van der Waals surface area contributed by atoms with E-state index in [1.165, 1.54) is 0 Å². The quantitative estimate of drug-likeness (QED) is 0.0979. The van der Waals surface area contributed by atoms with E-state index in [0.717, 1.165) is 0 Å².